The summed E-state index contributed by atoms with van der Waals surface area (Å²) in [6.45, 7) is 10.1. The van der Waals surface area contributed by atoms with Crippen molar-refractivity contribution in [3.05, 3.63) is 0 Å². The van der Waals surface area contributed by atoms with Gasteiger partial charge in [-0.1, -0.05) is 13.8 Å². The highest BCUT2D eigenvalue weighted by Gasteiger charge is 2.32. The van der Waals surface area contributed by atoms with Crippen LogP contribution in [0.3, 0.4) is 0 Å². The van der Waals surface area contributed by atoms with Crippen LogP contribution in [0.2, 0.25) is 0 Å². The molecule has 0 unspecified atom stereocenters. The molecule has 0 atom stereocenters. The smallest absolute Gasteiger partial charge is 0.0273 e. The summed E-state index contributed by atoms with van der Waals surface area (Å²) in [6, 6.07) is 0. The molecule has 2 N–H and O–H groups in total. The maximum atomic E-state index is 3.26. The van der Waals surface area contributed by atoms with E-state index in [0.717, 1.165) is 6.54 Å². The number of hydrogen-bond acceptors (Lipinski definition) is 2. The lowest BCUT2D eigenvalue weighted by Crippen LogP contribution is -2.58. The van der Waals surface area contributed by atoms with Gasteiger partial charge in [-0.3, -0.25) is 10.9 Å². The second-order valence-corrected chi connectivity index (χ2v) is 4.70. The number of rotatable bonds is 0. The van der Waals surface area contributed by atoms with Gasteiger partial charge >= 0.3 is 0 Å². The molecule has 1 heterocycles. The van der Waals surface area contributed by atoms with Crippen molar-refractivity contribution in [1.82, 2.24) is 10.9 Å². The zero-order valence-corrected chi connectivity index (χ0v) is 7.41. The highest BCUT2D eigenvalue weighted by Crippen LogP contribution is 2.29. The molecule has 1 aliphatic rings. The van der Waals surface area contributed by atoms with Crippen molar-refractivity contribution < 1.29 is 0 Å². The molecule has 60 valence electrons. The van der Waals surface area contributed by atoms with E-state index in [-0.39, 0.29) is 5.54 Å². The number of hydrazine groups is 1. The van der Waals surface area contributed by atoms with Crippen LogP contribution >= 0.6 is 0 Å². The van der Waals surface area contributed by atoms with E-state index in [9.17, 15) is 0 Å². The molecule has 2 heteroatoms. The summed E-state index contributed by atoms with van der Waals surface area (Å²) in [7, 11) is 0. The number of hydrogen-bond donors (Lipinski definition) is 2. The molecule has 0 bridgehead atoms. The van der Waals surface area contributed by atoms with Gasteiger partial charge in [0.25, 0.3) is 0 Å². The summed E-state index contributed by atoms with van der Waals surface area (Å²) in [4.78, 5) is 0. The van der Waals surface area contributed by atoms with Crippen molar-refractivity contribution in [2.75, 3.05) is 6.54 Å². The molecule has 10 heavy (non-hydrogen) atoms. The Morgan fingerprint density at radius 1 is 1.10 bits per heavy atom. The van der Waals surface area contributed by atoms with E-state index in [0.29, 0.717) is 5.41 Å². The molecular formula is C8H18N2. The average molecular weight is 142 g/mol. The predicted molar refractivity (Wildman–Crippen MR) is 43.6 cm³/mol. The fourth-order valence-electron chi connectivity index (χ4n) is 1.83. The standard InChI is InChI=1S/C8H18N2/c1-7(2)5-8(3,4)10-9-6-7/h9-10H,5-6H2,1-4H3. The Bertz CT molecular complexity index is 113. The van der Waals surface area contributed by atoms with Gasteiger partial charge in [0.15, 0.2) is 0 Å². The molecule has 0 radical (unpaired) electrons. The Morgan fingerprint density at radius 2 is 1.70 bits per heavy atom. The summed E-state index contributed by atoms with van der Waals surface area (Å²) in [5.74, 6) is 0. The molecule has 0 aromatic rings. The number of nitrogens with one attached hydrogen (secondary N) is 2. The molecule has 0 spiro atoms. The summed E-state index contributed by atoms with van der Waals surface area (Å²) in [6.07, 6.45) is 1.23. The lowest BCUT2D eigenvalue weighted by molar-refractivity contribution is 0.134. The first-order valence-corrected chi connectivity index (χ1v) is 3.91. The van der Waals surface area contributed by atoms with Crippen LogP contribution < -0.4 is 10.9 Å². The lowest BCUT2D eigenvalue weighted by atomic mass is 9.79. The highest BCUT2D eigenvalue weighted by atomic mass is 15.4. The van der Waals surface area contributed by atoms with Gasteiger partial charge in [0.1, 0.15) is 0 Å². The highest BCUT2D eigenvalue weighted by molar-refractivity contribution is 4.88. The van der Waals surface area contributed by atoms with Crippen LogP contribution in [0, 0.1) is 5.41 Å². The van der Waals surface area contributed by atoms with Gasteiger partial charge in [0.05, 0.1) is 0 Å². The van der Waals surface area contributed by atoms with E-state index < -0.39 is 0 Å². The first-order valence-electron chi connectivity index (χ1n) is 3.91. The van der Waals surface area contributed by atoms with Crippen molar-refractivity contribution in [3.8, 4) is 0 Å². The fourth-order valence-corrected chi connectivity index (χ4v) is 1.83. The SMILES string of the molecule is CC1(C)CNNC(C)(C)C1. The van der Waals surface area contributed by atoms with Gasteiger partial charge < -0.3 is 0 Å². The van der Waals surface area contributed by atoms with Gasteiger partial charge in [-0.15, -0.1) is 0 Å². The van der Waals surface area contributed by atoms with E-state index in [2.05, 4.69) is 38.5 Å². The molecule has 1 aliphatic heterocycles. The zero-order chi connectivity index (χ0) is 7.83. The van der Waals surface area contributed by atoms with Gasteiger partial charge in [0.2, 0.25) is 0 Å². The third-order valence-electron chi connectivity index (χ3n) is 1.91. The van der Waals surface area contributed by atoms with E-state index in [1.807, 2.05) is 0 Å². The maximum Gasteiger partial charge on any atom is 0.0273 e. The Balaban J connectivity index is 2.56. The van der Waals surface area contributed by atoms with Crippen molar-refractivity contribution in [1.29, 1.82) is 0 Å². The molecule has 0 saturated carbocycles. The van der Waals surface area contributed by atoms with E-state index >= 15 is 0 Å². The summed E-state index contributed by atoms with van der Waals surface area (Å²) in [5, 5.41) is 0. The molecular weight excluding hydrogens is 124 g/mol. The minimum Gasteiger partial charge on any atom is -0.257 e. The monoisotopic (exact) mass is 142 g/mol. The molecule has 0 aromatic carbocycles. The van der Waals surface area contributed by atoms with Crippen LogP contribution in [0.1, 0.15) is 34.1 Å². The first kappa shape index (κ1) is 8.02. The van der Waals surface area contributed by atoms with Gasteiger partial charge in [0, 0.05) is 12.1 Å². The van der Waals surface area contributed by atoms with Crippen LogP contribution in [0.25, 0.3) is 0 Å². The summed E-state index contributed by atoms with van der Waals surface area (Å²) >= 11 is 0. The topological polar surface area (TPSA) is 24.1 Å². The third-order valence-corrected chi connectivity index (χ3v) is 1.91. The van der Waals surface area contributed by atoms with Crippen molar-refractivity contribution in [3.63, 3.8) is 0 Å². The Morgan fingerprint density at radius 3 is 2.00 bits per heavy atom. The molecule has 0 amide bonds. The van der Waals surface area contributed by atoms with Crippen LogP contribution in [0.5, 0.6) is 0 Å². The average Bonchev–Trinajstić information content (AvgIpc) is 1.56. The molecule has 1 saturated heterocycles. The van der Waals surface area contributed by atoms with Crippen molar-refractivity contribution in [2.24, 2.45) is 5.41 Å². The zero-order valence-electron chi connectivity index (χ0n) is 7.41. The second kappa shape index (κ2) is 2.21. The Labute approximate surface area is 63.4 Å². The molecule has 0 aromatic heterocycles. The van der Waals surface area contributed by atoms with Crippen LogP contribution in [-0.4, -0.2) is 12.1 Å². The quantitative estimate of drug-likeness (QED) is 0.532. The molecule has 2 nitrogen and oxygen atoms in total. The fraction of sp³-hybridized carbons (Fsp3) is 1.00. The Kier molecular flexibility index (Phi) is 1.77. The molecule has 1 rings (SSSR count). The van der Waals surface area contributed by atoms with Crippen LogP contribution in [0.15, 0.2) is 0 Å². The molecule has 0 aliphatic carbocycles. The normalized spacial score (nSPS) is 30.0. The molecule has 1 fully saturated rings. The van der Waals surface area contributed by atoms with Gasteiger partial charge in [-0.25, -0.2) is 0 Å². The Hall–Kier alpha value is -0.0800. The summed E-state index contributed by atoms with van der Waals surface area (Å²) < 4.78 is 0. The minimum absolute atomic E-state index is 0.252. The third kappa shape index (κ3) is 1.96. The second-order valence-electron chi connectivity index (χ2n) is 4.70. The first-order chi connectivity index (χ1) is 4.41. The van der Waals surface area contributed by atoms with Crippen LogP contribution in [0.4, 0.5) is 0 Å². The van der Waals surface area contributed by atoms with E-state index in [1.54, 1.807) is 0 Å². The van der Waals surface area contributed by atoms with E-state index in [4.69, 9.17) is 0 Å². The van der Waals surface area contributed by atoms with Crippen LogP contribution in [-0.2, 0) is 0 Å². The van der Waals surface area contributed by atoms with Crippen molar-refractivity contribution >= 4 is 0 Å². The predicted octanol–water partition coefficient (Wildman–Crippen LogP) is 1.29. The van der Waals surface area contributed by atoms with Gasteiger partial charge in [-0.2, -0.15) is 0 Å². The minimum atomic E-state index is 0.252. The summed E-state index contributed by atoms with van der Waals surface area (Å²) in [5.41, 5.74) is 7.17. The van der Waals surface area contributed by atoms with E-state index in [1.165, 1.54) is 6.42 Å². The lowest BCUT2D eigenvalue weighted by Gasteiger charge is -2.41. The van der Waals surface area contributed by atoms with Crippen molar-refractivity contribution in [2.45, 2.75) is 39.7 Å². The largest absolute Gasteiger partial charge is 0.257 e. The van der Waals surface area contributed by atoms with Gasteiger partial charge in [-0.05, 0) is 25.7 Å². The maximum absolute atomic E-state index is 3.26.